The summed E-state index contributed by atoms with van der Waals surface area (Å²) in [5.74, 6) is 1.81. The molecule has 0 bridgehead atoms. The fourth-order valence-corrected chi connectivity index (χ4v) is 4.81. The first-order valence-corrected chi connectivity index (χ1v) is 8.38. The molecule has 1 aliphatic heterocycles. The molecule has 1 heterocycles. The third kappa shape index (κ3) is 4.04. The summed E-state index contributed by atoms with van der Waals surface area (Å²) in [6.07, 6.45) is 0.386. The number of amidine groups is 1. The van der Waals surface area contributed by atoms with Gasteiger partial charge in [0, 0.05) is 36.8 Å². The van der Waals surface area contributed by atoms with Crippen LogP contribution >= 0.6 is 11.8 Å². The molecule has 100 valence electrons. The minimum Gasteiger partial charge on any atom is -0.409 e. The van der Waals surface area contributed by atoms with E-state index in [2.05, 4.69) is 5.16 Å². The topological polar surface area (TPSA) is 96.0 Å². The molecule has 0 aliphatic carbocycles. The van der Waals surface area contributed by atoms with Gasteiger partial charge in [-0.15, -0.1) is 0 Å². The normalized spacial score (nSPS) is 23.8. The van der Waals surface area contributed by atoms with Gasteiger partial charge in [-0.05, 0) is 0 Å². The molecule has 1 fully saturated rings. The zero-order valence-electron chi connectivity index (χ0n) is 9.87. The number of rotatable bonds is 5. The van der Waals surface area contributed by atoms with E-state index in [9.17, 15) is 8.42 Å². The van der Waals surface area contributed by atoms with Crippen LogP contribution in [-0.4, -0.2) is 60.1 Å². The Kier molecular flexibility index (Phi) is 5.54. The smallest absolute Gasteiger partial charge is 0.166 e. The van der Waals surface area contributed by atoms with Crippen molar-refractivity contribution in [1.29, 1.82) is 0 Å². The van der Waals surface area contributed by atoms with E-state index in [1.807, 2.05) is 4.90 Å². The number of oxime groups is 1. The van der Waals surface area contributed by atoms with E-state index >= 15 is 0 Å². The predicted molar refractivity (Wildman–Crippen MR) is 70.2 cm³/mol. The summed E-state index contributed by atoms with van der Waals surface area (Å²) in [7, 11) is -3.06. The average Bonchev–Trinajstić information content (AvgIpc) is 2.36. The number of sulfone groups is 1. The number of hydrogen-bond acceptors (Lipinski definition) is 6. The molecule has 6 nitrogen and oxygen atoms in total. The van der Waals surface area contributed by atoms with Gasteiger partial charge >= 0.3 is 0 Å². The van der Waals surface area contributed by atoms with Crippen molar-refractivity contribution < 1.29 is 13.6 Å². The van der Waals surface area contributed by atoms with Crippen LogP contribution in [0.2, 0.25) is 0 Å². The molecular formula is C9H19N3O3S2. The first-order valence-electron chi connectivity index (χ1n) is 5.51. The standard InChI is InChI=1S/C9H19N3O3S2/c1-2-17(14,15)9-7-16-6-5-12(9)4-3-8(10)11-13/h9,13H,2-7H2,1H3,(H2,10,11). The summed E-state index contributed by atoms with van der Waals surface area (Å²) < 4.78 is 23.8. The second kappa shape index (κ2) is 6.46. The van der Waals surface area contributed by atoms with Crippen LogP contribution in [0.3, 0.4) is 0 Å². The molecule has 1 aliphatic rings. The fraction of sp³-hybridized carbons (Fsp3) is 0.889. The largest absolute Gasteiger partial charge is 0.409 e. The second-order valence-electron chi connectivity index (χ2n) is 3.86. The highest BCUT2D eigenvalue weighted by atomic mass is 32.2. The van der Waals surface area contributed by atoms with Crippen molar-refractivity contribution in [3.63, 3.8) is 0 Å². The molecule has 0 aromatic carbocycles. The van der Waals surface area contributed by atoms with Gasteiger partial charge in [0.25, 0.3) is 0 Å². The Morgan fingerprint density at radius 2 is 2.35 bits per heavy atom. The quantitative estimate of drug-likeness (QED) is 0.317. The van der Waals surface area contributed by atoms with E-state index in [1.54, 1.807) is 18.7 Å². The minimum atomic E-state index is -3.06. The Morgan fingerprint density at radius 3 is 2.94 bits per heavy atom. The lowest BCUT2D eigenvalue weighted by Gasteiger charge is -2.34. The fourth-order valence-electron chi connectivity index (χ4n) is 1.70. The summed E-state index contributed by atoms with van der Waals surface area (Å²) >= 11 is 1.66. The molecule has 17 heavy (non-hydrogen) atoms. The summed E-state index contributed by atoms with van der Waals surface area (Å²) in [4.78, 5) is 1.91. The van der Waals surface area contributed by atoms with E-state index in [0.29, 0.717) is 18.7 Å². The number of thioether (sulfide) groups is 1. The van der Waals surface area contributed by atoms with Gasteiger partial charge in [0.05, 0.1) is 0 Å². The van der Waals surface area contributed by atoms with Crippen molar-refractivity contribution in [3.8, 4) is 0 Å². The van der Waals surface area contributed by atoms with Crippen LogP contribution in [0.5, 0.6) is 0 Å². The zero-order valence-corrected chi connectivity index (χ0v) is 11.5. The minimum absolute atomic E-state index is 0.135. The van der Waals surface area contributed by atoms with Gasteiger partial charge in [0.15, 0.2) is 9.84 Å². The number of nitrogens with zero attached hydrogens (tertiary/aromatic N) is 2. The van der Waals surface area contributed by atoms with Gasteiger partial charge in [-0.1, -0.05) is 12.1 Å². The maximum absolute atomic E-state index is 11.9. The SMILES string of the molecule is CCS(=O)(=O)C1CSCCN1CCC(N)=NO. The van der Waals surface area contributed by atoms with Crippen LogP contribution in [0.25, 0.3) is 0 Å². The average molecular weight is 281 g/mol. The first kappa shape index (κ1) is 14.6. The Labute approximate surface area is 106 Å². The highest BCUT2D eigenvalue weighted by Crippen LogP contribution is 2.21. The maximum Gasteiger partial charge on any atom is 0.166 e. The number of nitrogens with two attached hydrogens (primary N) is 1. The Hall–Kier alpha value is -0.470. The summed E-state index contributed by atoms with van der Waals surface area (Å²) in [6.45, 7) is 2.91. The lowest BCUT2D eigenvalue weighted by atomic mass is 10.3. The summed E-state index contributed by atoms with van der Waals surface area (Å²) in [6, 6.07) is 0. The van der Waals surface area contributed by atoms with E-state index in [4.69, 9.17) is 10.9 Å². The van der Waals surface area contributed by atoms with Crippen molar-refractivity contribution in [2.45, 2.75) is 18.7 Å². The molecule has 1 atom stereocenters. The van der Waals surface area contributed by atoms with Gasteiger partial charge in [-0.3, -0.25) is 4.90 Å². The van der Waals surface area contributed by atoms with Crippen molar-refractivity contribution >= 4 is 27.4 Å². The van der Waals surface area contributed by atoms with Crippen molar-refractivity contribution in [2.75, 3.05) is 30.3 Å². The Bertz CT molecular complexity index is 370. The maximum atomic E-state index is 11.9. The molecule has 8 heteroatoms. The van der Waals surface area contributed by atoms with Crippen LogP contribution in [0.1, 0.15) is 13.3 Å². The zero-order chi connectivity index (χ0) is 12.9. The molecule has 1 rings (SSSR count). The summed E-state index contributed by atoms with van der Waals surface area (Å²) in [5, 5.41) is 10.9. The first-order chi connectivity index (χ1) is 8.01. The molecule has 0 aromatic rings. The van der Waals surface area contributed by atoms with Crippen molar-refractivity contribution in [1.82, 2.24) is 4.90 Å². The van der Waals surface area contributed by atoms with Crippen LogP contribution in [0.4, 0.5) is 0 Å². The lowest BCUT2D eigenvalue weighted by Crippen LogP contribution is -2.48. The lowest BCUT2D eigenvalue weighted by molar-refractivity contribution is 0.274. The molecule has 0 spiro atoms. The predicted octanol–water partition coefficient (Wildman–Crippen LogP) is -0.0675. The monoisotopic (exact) mass is 281 g/mol. The molecule has 0 aromatic heterocycles. The molecule has 1 unspecified atom stereocenters. The van der Waals surface area contributed by atoms with Gasteiger partial charge < -0.3 is 10.9 Å². The Balaban J connectivity index is 2.67. The third-order valence-electron chi connectivity index (χ3n) is 2.79. The van der Waals surface area contributed by atoms with E-state index < -0.39 is 15.2 Å². The van der Waals surface area contributed by atoms with Crippen LogP contribution in [0, 0.1) is 0 Å². The van der Waals surface area contributed by atoms with Crippen LogP contribution in [-0.2, 0) is 9.84 Å². The van der Waals surface area contributed by atoms with Crippen molar-refractivity contribution in [3.05, 3.63) is 0 Å². The van der Waals surface area contributed by atoms with Crippen LogP contribution < -0.4 is 5.73 Å². The number of hydrogen-bond donors (Lipinski definition) is 2. The van der Waals surface area contributed by atoms with Gasteiger partial charge in [-0.2, -0.15) is 11.8 Å². The van der Waals surface area contributed by atoms with Crippen molar-refractivity contribution in [2.24, 2.45) is 10.9 Å². The van der Waals surface area contributed by atoms with Gasteiger partial charge in [-0.25, -0.2) is 8.42 Å². The molecule has 0 amide bonds. The highest BCUT2D eigenvalue weighted by molar-refractivity contribution is 8.01. The van der Waals surface area contributed by atoms with Gasteiger partial charge in [0.2, 0.25) is 0 Å². The molecule has 0 saturated carbocycles. The Morgan fingerprint density at radius 1 is 1.65 bits per heavy atom. The molecular weight excluding hydrogens is 262 g/mol. The molecule has 0 radical (unpaired) electrons. The molecule has 3 N–H and O–H groups in total. The molecule has 1 saturated heterocycles. The summed E-state index contributed by atoms with van der Waals surface area (Å²) in [5.41, 5.74) is 5.40. The van der Waals surface area contributed by atoms with E-state index in [0.717, 1.165) is 12.3 Å². The second-order valence-corrected chi connectivity index (χ2v) is 7.46. The van der Waals surface area contributed by atoms with Gasteiger partial charge in [0.1, 0.15) is 11.2 Å². The van der Waals surface area contributed by atoms with E-state index in [1.165, 1.54) is 0 Å². The van der Waals surface area contributed by atoms with Crippen LogP contribution in [0.15, 0.2) is 5.16 Å². The third-order valence-corrected chi connectivity index (χ3v) is 6.12. The highest BCUT2D eigenvalue weighted by Gasteiger charge is 2.32. The van der Waals surface area contributed by atoms with E-state index in [-0.39, 0.29) is 11.6 Å².